The van der Waals surface area contributed by atoms with Crippen LogP contribution in [0.2, 0.25) is 0 Å². The smallest absolute Gasteiger partial charge is 0.242 e. The number of hydrogen-bond donors (Lipinski definition) is 1. The second kappa shape index (κ2) is 4.94. The van der Waals surface area contributed by atoms with Crippen LogP contribution < -0.4 is 5.73 Å². The van der Waals surface area contributed by atoms with E-state index in [1.54, 1.807) is 6.92 Å². The molecule has 8 heteroatoms. The Bertz CT molecular complexity index is 705. The molecule has 0 aliphatic carbocycles. The third-order valence-electron chi connectivity index (χ3n) is 3.88. The summed E-state index contributed by atoms with van der Waals surface area (Å²) in [6.07, 6.45) is 0.190. The van der Waals surface area contributed by atoms with Gasteiger partial charge < -0.3 is 5.73 Å². The third kappa shape index (κ3) is 2.27. The first-order valence-electron chi connectivity index (χ1n) is 6.43. The van der Waals surface area contributed by atoms with Crippen molar-refractivity contribution < 1.29 is 17.2 Å². The lowest BCUT2D eigenvalue weighted by atomic mass is 9.87. The molecular weight excluding hydrogens is 300 g/mol. The lowest BCUT2D eigenvalue weighted by Gasteiger charge is -2.41. The maximum absolute atomic E-state index is 14.1. The van der Waals surface area contributed by atoms with E-state index in [0.29, 0.717) is 0 Å². The number of hydrogen-bond acceptors (Lipinski definition) is 4. The van der Waals surface area contributed by atoms with Crippen molar-refractivity contribution in [1.29, 1.82) is 0 Å². The van der Waals surface area contributed by atoms with E-state index >= 15 is 0 Å². The van der Waals surface area contributed by atoms with Crippen LogP contribution in [-0.4, -0.2) is 31.0 Å². The molecule has 1 aliphatic heterocycles. The largest absolute Gasteiger partial charge is 0.369 e. The monoisotopic (exact) mass is 317 g/mol. The van der Waals surface area contributed by atoms with E-state index in [-0.39, 0.29) is 17.9 Å². The molecule has 0 bridgehead atoms. The number of benzene rings is 1. The molecule has 0 fully saturated rings. The van der Waals surface area contributed by atoms with Gasteiger partial charge >= 0.3 is 0 Å². The molecule has 2 N–H and O–H groups in total. The summed E-state index contributed by atoms with van der Waals surface area (Å²) in [7, 11) is -2.51. The highest BCUT2D eigenvalue weighted by molar-refractivity contribution is 7.90. The number of halogens is 2. The predicted molar refractivity (Wildman–Crippen MR) is 76.1 cm³/mol. The number of guanidine groups is 1. The molecule has 2 rings (SSSR count). The minimum Gasteiger partial charge on any atom is -0.369 e. The van der Waals surface area contributed by atoms with Crippen LogP contribution >= 0.6 is 0 Å². The molecule has 0 radical (unpaired) electrons. The van der Waals surface area contributed by atoms with E-state index in [1.807, 2.05) is 0 Å². The lowest BCUT2D eigenvalue weighted by molar-refractivity contribution is 0.384. The molecule has 0 amide bonds. The highest BCUT2D eigenvalue weighted by Gasteiger charge is 2.50. The van der Waals surface area contributed by atoms with Crippen molar-refractivity contribution in [2.24, 2.45) is 10.7 Å². The molecule has 5 nitrogen and oxygen atoms in total. The van der Waals surface area contributed by atoms with E-state index in [1.165, 1.54) is 14.0 Å². The highest BCUT2D eigenvalue weighted by atomic mass is 32.2. The average molecular weight is 317 g/mol. The third-order valence-corrected chi connectivity index (χ3v) is 6.34. The van der Waals surface area contributed by atoms with Gasteiger partial charge in [-0.2, -0.15) is 0 Å². The Labute approximate surface area is 122 Å². The zero-order valence-corrected chi connectivity index (χ0v) is 12.8. The topological polar surface area (TPSA) is 75.8 Å². The fourth-order valence-corrected chi connectivity index (χ4v) is 4.58. The van der Waals surface area contributed by atoms with Crippen molar-refractivity contribution in [3.05, 3.63) is 35.4 Å². The van der Waals surface area contributed by atoms with Gasteiger partial charge in [-0.15, -0.1) is 0 Å². The summed E-state index contributed by atoms with van der Waals surface area (Å²) in [5, 5.41) is -1.03. The van der Waals surface area contributed by atoms with E-state index in [9.17, 15) is 17.2 Å². The maximum atomic E-state index is 14.1. The van der Waals surface area contributed by atoms with Crippen LogP contribution in [0.1, 0.15) is 25.8 Å². The summed E-state index contributed by atoms with van der Waals surface area (Å²) in [6.45, 7) is 3.11. The Balaban J connectivity index is 2.77. The highest BCUT2D eigenvalue weighted by Crippen LogP contribution is 2.40. The van der Waals surface area contributed by atoms with Crippen molar-refractivity contribution in [3.8, 4) is 0 Å². The van der Waals surface area contributed by atoms with Crippen molar-refractivity contribution in [2.45, 2.75) is 31.1 Å². The number of rotatable bonds is 2. The molecular formula is C13H17F2N3O2S. The molecule has 0 saturated heterocycles. The quantitative estimate of drug-likeness (QED) is 0.899. The van der Waals surface area contributed by atoms with Crippen LogP contribution in [0.5, 0.6) is 0 Å². The summed E-state index contributed by atoms with van der Waals surface area (Å²) >= 11 is 0. The summed E-state index contributed by atoms with van der Waals surface area (Å²) in [5.41, 5.74) is 4.06. The molecule has 1 aromatic rings. The molecule has 0 spiro atoms. The van der Waals surface area contributed by atoms with Crippen molar-refractivity contribution in [3.63, 3.8) is 0 Å². The number of aliphatic imine (C=N–C) groups is 1. The molecule has 116 valence electrons. The Morgan fingerprint density at radius 3 is 2.62 bits per heavy atom. The van der Waals surface area contributed by atoms with Gasteiger partial charge in [0.1, 0.15) is 22.4 Å². The van der Waals surface area contributed by atoms with Crippen LogP contribution in [0, 0.1) is 11.6 Å². The predicted octanol–water partition coefficient (Wildman–Crippen LogP) is 1.55. The standard InChI is InChI=1S/C13H17F2N3O2S/c1-4-11-13(2,9-7-8(14)5-6-10(9)15)17-12(16)18(3)21(11,19)20/h5-7,11H,4H2,1-3H3,(H2,16,17)/t11-,13-/m1/s1. The van der Waals surface area contributed by atoms with Crippen molar-refractivity contribution in [2.75, 3.05) is 7.05 Å². The van der Waals surface area contributed by atoms with Crippen LogP contribution in [0.3, 0.4) is 0 Å². The molecule has 0 unspecified atom stereocenters. The SMILES string of the molecule is CC[C@@H]1[C@@](C)(c2cc(F)ccc2F)N=C(N)N(C)S1(=O)=O. The second-order valence-electron chi connectivity index (χ2n) is 5.15. The van der Waals surface area contributed by atoms with E-state index in [0.717, 1.165) is 22.5 Å². The molecule has 2 atom stereocenters. The minimum atomic E-state index is -3.80. The summed E-state index contributed by atoms with van der Waals surface area (Å²) < 4.78 is 53.4. The number of nitrogens with two attached hydrogens (primary N) is 1. The summed E-state index contributed by atoms with van der Waals surface area (Å²) in [6, 6.07) is 2.90. The van der Waals surface area contributed by atoms with E-state index in [2.05, 4.69) is 4.99 Å². The fourth-order valence-electron chi connectivity index (χ4n) is 2.72. The molecule has 1 heterocycles. The Kier molecular flexibility index (Phi) is 3.69. The lowest BCUT2D eigenvalue weighted by Crippen LogP contribution is -2.56. The van der Waals surface area contributed by atoms with Crippen LogP contribution in [0.4, 0.5) is 8.78 Å². The van der Waals surface area contributed by atoms with Gasteiger partial charge in [0.05, 0.1) is 0 Å². The second-order valence-corrected chi connectivity index (χ2v) is 7.30. The van der Waals surface area contributed by atoms with Gasteiger partial charge in [-0.3, -0.25) is 0 Å². The first-order chi connectivity index (χ1) is 9.64. The fraction of sp³-hybridized carbons (Fsp3) is 0.462. The summed E-state index contributed by atoms with van der Waals surface area (Å²) in [4.78, 5) is 4.15. The number of sulfonamides is 1. The molecule has 1 aliphatic rings. The van der Waals surface area contributed by atoms with Gasteiger partial charge in [-0.25, -0.2) is 26.5 Å². The zero-order valence-electron chi connectivity index (χ0n) is 12.0. The Hall–Kier alpha value is -1.70. The maximum Gasteiger partial charge on any atom is 0.242 e. The zero-order chi connectivity index (χ0) is 16.0. The van der Waals surface area contributed by atoms with Crippen molar-refractivity contribution >= 4 is 16.0 Å². The minimum absolute atomic E-state index is 0.117. The first kappa shape index (κ1) is 15.7. The molecule has 1 aromatic carbocycles. The van der Waals surface area contributed by atoms with Crippen LogP contribution in [0.15, 0.2) is 23.2 Å². The summed E-state index contributed by atoms with van der Waals surface area (Å²) in [5.74, 6) is -1.62. The van der Waals surface area contributed by atoms with Gasteiger partial charge in [0, 0.05) is 12.6 Å². The van der Waals surface area contributed by atoms with E-state index < -0.39 is 32.4 Å². The van der Waals surface area contributed by atoms with E-state index in [4.69, 9.17) is 5.73 Å². The van der Waals surface area contributed by atoms with Crippen LogP contribution in [0.25, 0.3) is 0 Å². The van der Waals surface area contributed by atoms with Crippen molar-refractivity contribution in [1.82, 2.24) is 4.31 Å². The Morgan fingerprint density at radius 1 is 1.43 bits per heavy atom. The average Bonchev–Trinajstić information content (AvgIpc) is 2.39. The first-order valence-corrected chi connectivity index (χ1v) is 7.93. The van der Waals surface area contributed by atoms with Gasteiger partial charge in [0.25, 0.3) is 0 Å². The number of nitrogens with zero attached hydrogens (tertiary/aromatic N) is 2. The van der Waals surface area contributed by atoms with Gasteiger partial charge in [-0.1, -0.05) is 6.92 Å². The van der Waals surface area contributed by atoms with Gasteiger partial charge in [0.2, 0.25) is 16.0 Å². The van der Waals surface area contributed by atoms with Crippen LogP contribution in [-0.2, 0) is 15.6 Å². The normalized spacial score (nSPS) is 28.3. The molecule has 0 saturated carbocycles. The van der Waals surface area contributed by atoms with Gasteiger partial charge in [0.15, 0.2) is 0 Å². The molecule has 21 heavy (non-hydrogen) atoms. The molecule has 0 aromatic heterocycles. The van der Waals surface area contributed by atoms with Gasteiger partial charge in [-0.05, 0) is 31.5 Å². The Morgan fingerprint density at radius 2 is 2.05 bits per heavy atom.